The largest absolute Gasteiger partial charge is 0.333 e. The molecule has 0 saturated carbocycles. The van der Waals surface area contributed by atoms with Crippen LogP contribution in [0.3, 0.4) is 0 Å². The molecule has 0 aliphatic carbocycles. The number of amides is 1. The molecule has 1 aromatic rings. The lowest BCUT2D eigenvalue weighted by molar-refractivity contribution is -0.132. The summed E-state index contributed by atoms with van der Waals surface area (Å²) in [7, 11) is 0. The summed E-state index contributed by atoms with van der Waals surface area (Å²) < 4.78 is 0. The molecule has 2 heteroatoms. The first kappa shape index (κ1) is 11.5. The second kappa shape index (κ2) is 4.60. The summed E-state index contributed by atoms with van der Waals surface area (Å²) in [5.74, 6) is 0.289. The third-order valence-corrected chi connectivity index (χ3v) is 4.04. The van der Waals surface area contributed by atoms with E-state index >= 15 is 0 Å². The standard InChI is InChI=1S/C16H19NO/c1-12-4-2-5-13(10-12)11-16(18)17-14-6-3-7-15(17)9-8-14/h2-6,10,14-15H,7-9,11H2,1H3. The van der Waals surface area contributed by atoms with E-state index in [1.54, 1.807) is 0 Å². The molecule has 0 radical (unpaired) electrons. The van der Waals surface area contributed by atoms with E-state index < -0.39 is 0 Å². The molecular weight excluding hydrogens is 222 g/mol. The summed E-state index contributed by atoms with van der Waals surface area (Å²) in [6, 6.07) is 9.08. The van der Waals surface area contributed by atoms with Gasteiger partial charge in [0.15, 0.2) is 0 Å². The second-order valence-electron chi connectivity index (χ2n) is 5.43. The average Bonchev–Trinajstić information content (AvgIpc) is 2.60. The Balaban J connectivity index is 1.74. The molecule has 0 N–H and O–H groups in total. The highest BCUT2D eigenvalue weighted by Gasteiger charge is 2.36. The van der Waals surface area contributed by atoms with Crippen molar-refractivity contribution in [1.82, 2.24) is 4.90 Å². The van der Waals surface area contributed by atoms with E-state index in [2.05, 4.69) is 36.1 Å². The summed E-state index contributed by atoms with van der Waals surface area (Å²) in [5.41, 5.74) is 2.36. The minimum Gasteiger partial charge on any atom is -0.333 e. The van der Waals surface area contributed by atoms with E-state index in [9.17, 15) is 4.79 Å². The molecule has 18 heavy (non-hydrogen) atoms. The Morgan fingerprint density at radius 2 is 2.28 bits per heavy atom. The molecule has 2 unspecified atom stereocenters. The van der Waals surface area contributed by atoms with E-state index in [1.165, 1.54) is 5.56 Å². The van der Waals surface area contributed by atoms with Crippen molar-refractivity contribution >= 4 is 5.91 Å². The number of nitrogens with zero attached hydrogens (tertiary/aromatic N) is 1. The number of hydrogen-bond donors (Lipinski definition) is 0. The monoisotopic (exact) mass is 241 g/mol. The van der Waals surface area contributed by atoms with Crippen molar-refractivity contribution in [3.63, 3.8) is 0 Å². The molecule has 2 bridgehead atoms. The van der Waals surface area contributed by atoms with E-state index in [-0.39, 0.29) is 5.91 Å². The van der Waals surface area contributed by atoms with Gasteiger partial charge in [0.25, 0.3) is 0 Å². The third-order valence-electron chi connectivity index (χ3n) is 4.04. The Morgan fingerprint density at radius 1 is 1.39 bits per heavy atom. The second-order valence-corrected chi connectivity index (χ2v) is 5.43. The number of hydrogen-bond acceptors (Lipinski definition) is 1. The minimum atomic E-state index is 0.289. The zero-order chi connectivity index (χ0) is 12.5. The van der Waals surface area contributed by atoms with Crippen molar-refractivity contribution in [3.05, 3.63) is 47.5 Å². The fourth-order valence-electron chi connectivity index (χ4n) is 3.20. The quantitative estimate of drug-likeness (QED) is 0.729. The molecule has 0 spiro atoms. The predicted molar refractivity (Wildman–Crippen MR) is 72.3 cm³/mol. The molecule has 1 amide bonds. The Labute approximate surface area is 108 Å². The molecular formula is C16H19NO. The van der Waals surface area contributed by atoms with Crippen molar-refractivity contribution in [3.8, 4) is 0 Å². The Morgan fingerprint density at radius 3 is 3.06 bits per heavy atom. The predicted octanol–water partition coefficient (Wildman–Crippen LogP) is 2.86. The Bertz CT molecular complexity index is 492. The maximum atomic E-state index is 12.4. The van der Waals surface area contributed by atoms with Crippen LogP contribution in [-0.4, -0.2) is 22.9 Å². The number of rotatable bonds is 2. The van der Waals surface area contributed by atoms with Gasteiger partial charge in [-0.1, -0.05) is 42.0 Å². The summed E-state index contributed by atoms with van der Waals surface area (Å²) in [4.78, 5) is 14.5. The highest BCUT2D eigenvalue weighted by molar-refractivity contribution is 5.80. The van der Waals surface area contributed by atoms with E-state index in [0.717, 1.165) is 24.8 Å². The van der Waals surface area contributed by atoms with Crippen LogP contribution in [-0.2, 0) is 11.2 Å². The van der Waals surface area contributed by atoms with Crippen LogP contribution in [0.5, 0.6) is 0 Å². The molecule has 3 rings (SSSR count). The van der Waals surface area contributed by atoms with Gasteiger partial charge in [-0.05, 0) is 31.7 Å². The van der Waals surface area contributed by atoms with Crippen LogP contribution in [0, 0.1) is 6.92 Å². The molecule has 2 nitrogen and oxygen atoms in total. The number of carbonyl (C=O) groups excluding carboxylic acids is 1. The minimum absolute atomic E-state index is 0.289. The van der Waals surface area contributed by atoms with E-state index in [4.69, 9.17) is 0 Å². The van der Waals surface area contributed by atoms with Gasteiger partial charge in [0.2, 0.25) is 5.91 Å². The molecule has 94 valence electrons. The van der Waals surface area contributed by atoms with Gasteiger partial charge < -0.3 is 4.90 Å². The first-order valence-electron chi connectivity index (χ1n) is 6.77. The van der Waals surface area contributed by atoms with Crippen LogP contribution in [0.25, 0.3) is 0 Å². The van der Waals surface area contributed by atoms with E-state index in [0.29, 0.717) is 18.5 Å². The van der Waals surface area contributed by atoms with Gasteiger partial charge >= 0.3 is 0 Å². The summed E-state index contributed by atoms with van der Waals surface area (Å²) in [5, 5.41) is 0. The molecule has 2 aliphatic rings. The molecule has 1 fully saturated rings. The molecule has 1 aromatic carbocycles. The summed E-state index contributed by atoms with van der Waals surface area (Å²) >= 11 is 0. The Hall–Kier alpha value is -1.57. The van der Waals surface area contributed by atoms with Gasteiger partial charge in [-0.3, -0.25) is 4.79 Å². The normalized spacial score (nSPS) is 25.5. The number of carbonyl (C=O) groups is 1. The highest BCUT2D eigenvalue weighted by Crippen LogP contribution is 2.31. The van der Waals surface area contributed by atoms with Crippen molar-refractivity contribution in [2.24, 2.45) is 0 Å². The molecule has 2 atom stereocenters. The van der Waals surface area contributed by atoms with Gasteiger partial charge in [-0.2, -0.15) is 0 Å². The maximum absolute atomic E-state index is 12.4. The van der Waals surface area contributed by atoms with Crippen LogP contribution in [0.15, 0.2) is 36.4 Å². The molecule has 1 saturated heterocycles. The maximum Gasteiger partial charge on any atom is 0.227 e. The highest BCUT2D eigenvalue weighted by atomic mass is 16.2. The Kier molecular flexibility index (Phi) is 2.94. The fourth-order valence-corrected chi connectivity index (χ4v) is 3.20. The number of aryl methyl sites for hydroxylation is 1. The van der Waals surface area contributed by atoms with Crippen molar-refractivity contribution in [2.75, 3.05) is 0 Å². The van der Waals surface area contributed by atoms with Gasteiger partial charge in [0, 0.05) is 6.04 Å². The van der Waals surface area contributed by atoms with Gasteiger partial charge in [0.05, 0.1) is 12.5 Å². The summed E-state index contributed by atoms with van der Waals surface area (Å²) in [6.45, 7) is 2.07. The fraction of sp³-hybridized carbons (Fsp3) is 0.438. The zero-order valence-corrected chi connectivity index (χ0v) is 10.8. The van der Waals surface area contributed by atoms with Gasteiger partial charge in [0.1, 0.15) is 0 Å². The lowest BCUT2D eigenvalue weighted by Crippen LogP contribution is -2.42. The van der Waals surface area contributed by atoms with Crippen LogP contribution in [0.4, 0.5) is 0 Å². The van der Waals surface area contributed by atoms with Crippen LogP contribution < -0.4 is 0 Å². The van der Waals surface area contributed by atoms with Crippen molar-refractivity contribution < 1.29 is 4.79 Å². The molecule has 2 heterocycles. The first-order valence-corrected chi connectivity index (χ1v) is 6.77. The number of benzene rings is 1. The molecule has 2 aliphatic heterocycles. The average molecular weight is 241 g/mol. The lowest BCUT2D eigenvalue weighted by atomic mass is 10.1. The lowest BCUT2D eigenvalue weighted by Gasteiger charge is -2.31. The SMILES string of the molecule is Cc1cccc(CC(=O)N2C3C=CCC2CC3)c1. The van der Waals surface area contributed by atoms with Crippen LogP contribution >= 0.6 is 0 Å². The number of fused-ring (bicyclic) bond motifs is 2. The molecule has 0 aromatic heterocycles. The van der Waals surface area contributed by atoms with E-state index in [1.807, 2.05) is 12.1 Å². The van der Waals surface area contributed by atoms with Crippen LogP contribution in [0.1, 0.15) is 30.4 Å². The smallest absolute Gasteiger partial charge is 0.227 e. The first-order chi connectivity index (χ1) is 8.74. The van der Waals surface area contributed by atoms with Gasteiger partial charge in [-0.15, -0.1) is 0 Å². The third kappa shape index (κ3) is 2.07. The van der Waals surface area contributed by atoms with Gasteiger partial charge in [-0.25, -0.2) is 0 Å². The zero-order valence-electron chi connectivity index (χ0n) is 10.8. The van der Waals surface area contributed by atoms with Crippen molar-refractivity contribution in [1.29, 1.82) is 0 Å². The summed E-state index contributed by atoms with van der Waals surface area (Å²) in [6.07, 6.45) is 8.33. The van der Waals surface area contributed by atoms with Crippen molar-refractivity contribution in [2.45, 2.75) is 44.7 Å². The topological polar surface area (TPSA) is 20.3 Å². The van der Waals surface area contributed by atoms with Crippen LogP contribution in [0.2, 0.25) is 0 Å².